The van der Waals surface area contributed by atoms with E-state index in [0.29, 0.717) is 0 Å². The van der Waals surface area contributed by atoms with E-state index in [1.165, 1.54) is 24.4 Å². The molecule has 2 aliphatic rings. The lowest BCUT2D eigenvalue weighted by molar-refractivity contribution is -0.349. The van der Waals surface area contributed by atoms with Crippen LogP contribution < -0.4 is 4.74 Å². The lowest BCUT2D eigenvalue weighted by Gasteiger charge is -2.48. The minimum Gasteiger partial charge on any atom is -0.487 e. The second-order valence-electron chi connectivity index (χ2n) is 13.1. The Morgan fingerprint density at radius 3 is 1.67 bits per heavy atom. The molecule has 4 rings (SSSR count). The Balaban J connectivity index is 1.78. The molecule has 0 amide bonds. The summed E-state index contributed by atoms with van der Waals surface area (Å²) in [6.45, 7) is 5.89. The number of hydrogen-bond donors (Lipinski definition) is 0. The Labute approximate surface area is 341 Å². The third-order valence-electron chi connectivity index (χ3n) is 8.34. The summed E-state index contributed by atoms with van der Waals surface area (Å²) in [5, 5.41) is 26.8. The topological polar surface area (TPSA) is 299 Å². The van der Waals surface area contributed by atoms with Gasteiger partial charge < -0.3 is 52.1 Å². The van der Waals surface area contributed by atoms with Gasteiger partial charge in [-0.05, 0) is 18.2 Å². The first kappa shape index (κ1) is 46.0. The normalized spacial score (nSPS) is 25.8. The smallest absolute Gasteiger partial charge is 0.303 e. The number of nitrogens with zero attached hydrogens (tertiary/aromatic N) is 5. The molecule has 0 saturated carbocycles. The van der Waals surface area contributed by atoms with E-state index in [9.17, 15) is 44.1 Å². The van der Waals surface area contributed by atoms with Gasteiger partial charge in [-0.3, -0.25) is 33.6 Å². The number of aromatic nitrogens is 3. The molecule has 0 aliphatic carbocycles. The average Bonchev–Trinajstić information content (AvgIpc) is 3.64. The van der Waals surface area contributed by atoms with Gasteiger partial charge in [-0.2, -0.15) is 10.5 Å². The molecule has 2 aliphatic heterocycles. The number of ether oxygens (including phenoxy) is 11. The van der Waals surface area contributed by atoms with Crippen LogP contribution in [-0.4, -0.2) is 125 Å². The molecule has 2 aromatic rings. The summed E-state index contributed by atoms with van der Waals surface area (Å²) in [5.74, 6) is -5.91. The van der Waals surface area contributed by atoms with Crippen molar-refractivity contribution in [3.8, 4) is 17.9 Å². The van der Waals surface area contributed by atoms with Crippen LogP contribution in [0.15, 0.2) is 24.4 Å². The second-order valence-corrected chi connectivity index (χ2v) is 13.1. The predicted molar refractivity (Wildman–Crippen MR) is 189 cm³/mol. The molecule has 0 N–H and O–H groups in total. The quantitative estimate of drug-likeness (QED) is 0.173. The van der Waals surface area contributed by atoms with Crippen molar-refractivity contribution in [2.45, 2.75) is 116 Å². The highest BCUT2D eigenvalue weighted by molar-refractivity contribution is 5.69. The fourth-order valence-electron chi connectivity index (χ4n) is 6.17. The Morgan fingerprint density at radius 1 is 0.633 bits per heavy atom. The Hall–Kier alpha value is -6.69. The van der Waals surface area contributed by atoms with Crippen LogP contribution in [0.2, 0.25) is 0 Å². The minimum absolute atomic E-state index is 0.0782. The second kappa shape index (κ2) is 20.8. The fourth-order valence-corrected chi connectivity index (χ4v) is 6.17. The highest BCUT2D eigenvalue weighted by Crippen LogP contribution is 2.38. The standard InChI is InChI=1S/C37H41N5O18/c1-17(43)50-15-28-31(60-37-35(57-23(7)49)33(55-21(5)47)30(53-19(3)45)29(59-37)16-51-18(2)44)32(54-20(4)46)34(56-22(6)48)36(58-28)42-13-26(40-41-42)14-52-27-9-8-24(11-38)25(10-27)12-39/h8-10,13,28-37H,14-16H2,1-7H3/t28-,29-,30+,31-,32+,33+,34-,35-,36-,37+/m1/s1. The SMILES string of the molecule is CC(=O)OC[C@H]1O[C@@H](O[C@H]2[C@H](OC(C)=O)[C@@H](OC(C)=O)[C@H](n3cc(COc4ccc(C#N)c(C#N)c4)nn3)O[C@@H]2COC(C)=O)[C@H](OC(C)=O)[C@@H](OC(C)=O)[C@H]1OC(C)=O. The molecule has 1 aromatic heterocycles. The van der Waals surface area contributed by atoms with Gasteiger partial charge in [-0.25, -0.2) is 4.68 Å². The molecule has 0 radical (unpaired) electrons. The lowest BCUT2D eigenvalue weighted by Crippen LogP contribution is -2.66. The first-order valence-electron chi connectivity index (χ1n) is 18.0. The molecule has 2 fully saturated rings. The number of hydrogen-bond acceptors (Lipinski definition) is 22. The van der Waals surface area contributed by atoms with E-state index in [4.69, 9.17) is 52.1 Å². The maximum Gasteiger partial charge on any atom is 0.303 e. The van der Waals surface area contributed by atoms with Gasteiger partial charge in [0, 0.05) is 48.5 Å². The summed E-state index contributed by atoms with van der Waals surface area (Å²) in [6, 6.07) is 8.05. The zero-order valence-corrected chi connectivity index (χ0v) is 33.3. The fraction of sp³-hybridized carbons (Fsp3) is 0.541. The summed E-state index contributed by atoms with van der Waals surface area (Å²) in [4.78, 5) is 86.5. The van der Waals surface area contributed by atoms with Gasteiger partial charge in [0.05, 0.1) is 17.3 Å². The minimum atomic E-state index is -1.86. The Morgan fingerprint density at radius 2 is 1.13 bits per heavy atom. The maximum absolute atomic E-state index is 12.7. The zero-order valence-electron chi connectivity index (χ0n) is 33.3. The van der Waals surface area contributed by atoms with Crippen LogP contribution in [0, 0.1) is 22.7 Å². The molecule has 23 heteroatoms. The average molecular weight is 844 g/mol. The van der Waals surface area contributed by atoms with E-state index in [2.05, 4.69) is 10.3 Å². The first-order chi connectivity index (χ1) is 28.4. The van der Waals surface area contributed by atoms with Crippen LogP contribution in [-0.2, 0) is 87.5 Å². The van der Waals surface area contributed by atoms with Crippen molar-refractivity contribution in [2.75, 3.05) is 13.2 Å². The largest absolute Gasteiger partial charge is 0.487 e. The van der Waals surface area contributed by atoms with Crippen molar-refractivity contribution in [2.24, 2.45) is 0 Å². The molecule has 23 nitrogen and oxygen atoms in total. The number of carbonyl (C=O) groups excluding carboxylic acids is 7. The third-order valence-corrected chi connectivity index (χ3v) is 8.34. The molecule has 60 heavy (non-hydrogen) atoms. The van der Waals surface area contributed by atoms with E-state index in [1.807, 2.05) is 12.1 Å². The van der Waals surface area contributed by atoms with Gasteiger partial charge in [-0.15, -0.1) is 5.10 Å². The predicted octanol–water partition coefficient (Wildman–Crippen LogP) is 0.393. The van der Waals surface area contributed by atoms with Crippen molar-refractivity contribution in [3.63, 3.8) is 0 Å². The maximum atomic E-state index is 12.7. The van der Waals surface area contributed by atoms with Gasteiger partial charge in [-0.1, -0.05) is 5.21 Å². The Kier molecular flexibility index (Phi) is 16.0. The van der Waals surface area contributed by atoms with E-state index in [-0.39, 0.29) is 29.2 Å². The van der Waals surface area contributed by atoms with Gasteiger partial charge >= 0.3 is 41.8 Å². The molecule has 322 valence electrons. The van der Waals surface area contributed by atoms with Gasteiger partial charge in [0.25, 0.3) is 0 Å². The highest BCUT2D eigenvalue weighted by atomic mass is 16.8. The van der Waals surface area contributed by atoms with E-state index >= 15 is 0 Å². The molecule has 10 atom stereocenters. The summed E-state index contributed by atoms with van der Waals surface area (Å²) >= 11 is 0. The van der Waals surface area contributed by atoms with E-state index < -0.39 is 116 Å². The molecular formula is C37H41N5O18. The van der Waals surface area contributed by atoms with Crippen LogP contribution in [0.3, 0.4) is 0 Å². The molecule has 0 unspecified atom stereocenters. The molecule has 0 bridgehead atoms. The number of benzene rings is 1. The van der Waals surface area contributed by atoms with E-state index in [1.54, 1.807) is 0 Å². The number of rotatable bonds is 15. The summed E-state index contributed by atoms with van der Waals surface area (Å²) in [6.07, 6.45) is -14.8. The van der Waals surface area contributed by atoms with Crippen LogP contribution in [0.1, 0.15) is 71.5 Å². The molecule has 1 aromatic carbocycles. The zero-order chi connectivity index (χ0) is 44.3. The Bertz CT molecular complexity index is 2020. The molecular weight excluding hydrogens is 802 g/mol. The summed E-state index contributed by atoms with van der Waals surface area (Å²) < 4.78 is 63.8. The van der Waals surface area contributed by atoms with Gasteiger partial charge in [0.1, 0.15) is 61.7 Å². The monoisotopic (exact) mass is 843 g/mol. The van der Waals surface area contributed by atoms with Crippen LogP contribution in [0.5, 0.6) is 5.75 Å². The summed E-state index contributed by atoms with van der Waals surface area (Å²) in [7, 11) is 0. The number of nitriles is 2. The van der Waals surface area contributed by atoms with Gasteiger partial charge in [0.2, 0.25) is 0 Å². The molecule has 3 heterocycles. The third kappa shape index (κ3) is 12.4. The number of esters is 7. The first-order valence-corrected chi connectivity index (χ1v) is 18.0. The molecule has 0 spiro atoms. The van der Waals surface area contributed by atoms with Crippen molar-refractivity contribution < 1.29 is 85.7 Å². The van der Waals surface area contributed by atoms with Crippen LogP contribution >= 0.6 is 0 Å². The van der Waals surface area contributed by atoms with Crippen LogP contribution in [0.4, 0.5) is 0 Å². The van der Waals surface area contributed by atoms with Crippen molar-refractivity contribution in [1.82, 2.24) is 15.0 Å². The van der Waals surface area contributed by atoms with Crippen molar-refractivity contribution in [3.05, 3.63) is 41.2 Å². The molecule has 2 saturated heterocycles. The number of carbonyl (C=O) groups is 7. The highest BCUT2D eigenvalue weighted by Gasteiger charge is 2.58. The van der Waals surface area contributed by atoms with Crippen LogP contribution in [0.25, 0.3) is 0 Å². The van der Waals surface area contributed by atoms with Crippen molar-refractivity contribution in [1.29, 1.82) is 10.5 Å². The summed E-state index contributed by atoms with van der Waals surface area (Å²) in [5.41, 5.74) is 0.401. The van der Waals surface area contributed by atoms with Crippen molar-refractivity contribution >= 4 is 41.8 Å². The van der Waals surface area contributed by atoms with E-state index in [0.717, 1.165) is 53.1 Å². The lowest BCUT2D eigenvalue weighted by atomic mass is 9.95. The van der Waals surface area contributed by atoms with Gasteiger partial charge in [0.15, 0.2) is 43.0 Å².